The van der Waals surface area contributed by atoms with Crippen molar-refractivity contribution in [1.82, 2.24) is 10.6 Å². The van der Waals surface area contributed by atoms with Gasteiger partial charge < -0.3 is 15.4 Å². The SMILES string of the molecule is O=C1CCOc2ccc(Cl)cc21.O=CNC12CCC(C(=O)NC3CC(OC(F)(F)F)C3)(CC1)C2. The third kappa shape index (κ3) is 5.33. The first-order valence-corrected chi connectivity index (χ1v) is 11.6. The molecule has 7 nitrogen and oxygen atoms in total. The molecule has 0 radical (unpaired) electrons. The molecule has 11 heteroatoms. The molecular formula is C23H26ClF3N2O5. The highest BCUT2D eigenvalue weighted by Gasteiger charge is 2.58. The van der Waals surface area contributed by atoms with E-state index in [2.05, 4.69) is 15.4 Å². The Labute approximate surface area is 199 Å². The fourth-order valence-corrected chi connectivity index (χ4v) is 5.55. The summed E-state index contributed by atoms with van der Waals surface area (Å²) in [5.74, 6) is 0.671. The molecule has 2 amide bonds. The molecule has 186 valence electrons. The zero-order chi connectivity index (χ0) is 24.6. The van der Waals surface area contributed by atoms with Crippen LogP contribution < -0.4 is 15.4 Å². The summed E-state index contributed by atoms with van der Waals surface area (Å²) in [5, 5.41) is 6.26. The van der Waals surface area contributed by atoms with E-state index in [4.69, 9.17) is 16.3 Å². The molecule has 34 heavy (non-hydrogen) atoms. The maximum Gasteiger partial charge on any atom is 0.522 e. The molecule has 5 rings (SSSR count). The van der Waals surface area contributed by atoms with Gasteiger partial charge in [0.25, 0.3) is 0 Å². The Balaban J connectivity index is 0.000000192. The lowest BCUT2D eigenvalue weighted by Gasteiger charge is -2.38. The van der Waals surface area contributed by atoms with Gasteiger partial charge in [-0.05, 0) is 63.1 Å². The summed E-state index contributed by atoms with van der Waals surface area (Å²) >= 11 is 5.73. The van der Waals surface area contributed by atoms with Gasteiger partial charge in [0.15, 0.2) is 5.78 Å². The van der Waals surface area contributed by atoms with Crippen molar-refractivity contribution < 1.29 is 37.0 Å². The minimum absolute atomic E-state index is 0.0879. The number of alkyl halides is 3. The van der Waals surface area contributed by atoms with Crippen LogP contribution in [0.4, 0.5) is 13.2 Å². The van der Waals surface area contributed by atoms with Crippen molar-refractivity contribution >= 4 is 29.7 Å². The lowest BCUT2D eigenvalue weighted by atomic mass is 9.81. The van der Waals surface area contributed by atoms with Crippen LogP contribution in [-0.2, 0) is 14.3 Å². The average molecular weight is 503 g/mol. The summed E-state index contributed by atoms with van der Waals surface area (Å²) in [4.78, 5) is 34.5. The molecule has 3 fully saturated rings. The van der Waals surface area contributed by atoms with Crippen molar-refractivity contribution in [2.45, 2.75) is 75.4 Å². The fraction of sp³-hybridized carbons (Fsp3) is 0.609. The van der Waals surface area contributed by atoms with E-state index < -0.39 is 17.9 Å². The number of hydrogen-bond acceptors (Lipinski definition) is 5. The molecule has 0 aromatic heterocycles. The Morgan fingerprint density at radius 3 is 2.56 bits per heavy atom. The molecule has 0 saturated heterocycles. The Bertz CT molecular complexity index is 956. The van der Waals surface area contributed by atoms with Crippen LogP contribution in [0.1, 0.15) is 61.7 Å². The van der Waals surface area contributed by atoms with Crippen LogP contribution in [0.2, 0.25) is 5.02 Å². The van der Waals surface area contributed by atoms with Crippen molar-refractivity contribution in [2.24, 2.45) is 5.41 Å². The van der Waals surface area contributed by atoms with Crippen molar-refractivity contribution in [3.63, 3.8) is 0 Å². The van der Waals surface area contributed by atoms with Gasteiger partial charge in [-0.1, -0.05) is 11.6 Å². The Hall–Kier alpha value is -2.33. The normalized spacial score (nSPS) is 31.4. The highest BCUT2D eigenvalue weighted by atomic mass is 35.5. The largest absolute Gasteiger partial charge is 0.522 e. The van der Waals surface area contributed by atoms with E-state index in [1.54, 1.807) is 18.2 Å². The number of amides is 2. The van der Waals surface area contributed by atoms with Gasteiger partial charge in [0.2, 0.25) is 12.3 Å². The van der Waals surface area contributed by atoms with Gasteiger partial charge >= 0.3 is 6.36 Å². The van der Waals surface area contributed by atoms with E-state index in [1.807, 2.05) is 0 Å². The molecule has 1 aliphatic heterocycles. The highest BCUT2D eigenvalue weighted by Crippen LogP contribution is 2.56. The minimum atomic E-state index is -4.62. The van der Waals surface area contributed by atoms with Crippen molar-refractivity contribution in [3.8, 4) is 5.75 Å². The molecule has 0 atom stereocenters. The predicted octanol–water partition coefficient (Wildman–Crippen LogP) is 3.92. The summed E-state index contributed by atoms with van der Waals surface area (Å²) in [6.45, 7) is 0.480. The first kappa shape index (κ1) is 24.8. The lowest BCUT2D eigenvalue weighted by Crippen LogP contribution is -2.52. The first-order chi connectivity index (χ1) is 16.0. The second-order valence-electron chi connectivity index (χ2n) is 9.49. The standard InChI is InChI=1S/C14H19F3N2O3.C9H7ClO2/c15-14(16,17)22-10-5-9(6-10)19-11(21)12-1-3-13(7-12,4-2-12)18-8-20;10-6-1-2-9-7(5-6)8(11)3-4-12-9/h8-10H,1-7H2,(H,18,20)(H,19,21);1-2,5H,3-4H2. The number of hydrogen-bond donors (Lipinski definition) is 2. The number of fused-ring (bicyclic) bond motifs is 3. The molecule has 1 aromatic rings. The smallest absolute Gasteiger partial charge is 0.492 e. The first-order valence-electron chi connectivity index (χ1n) is 11.3. The highest BCUT2D eigenvalue weighted by molar-refractivity contribution is 6.31. The molecule has 1 aromatic carbocycles. The second kappa shape index (κ2) is 9.37. The molecule has 0 spiro atoms. The maximum atomic E-state index is 12.5. The number of nitrogens with one attached hydrogen (secondary N) is 2. The lowest BCUT2D eigenvalue weighted by molar-refractivity contribution is -0.351. The molecule has 3 aliphatic carbocycles. The van der Waals surface area contributed by atoms with Crippen molar-refractivity contribution in [2.75, 3.05) is 6.61 Å². The molecule has 3 saturated carbocycles. The predicted molar refractivity (Wildman–Crippen MR) is 115 cm³/mol. The third-order valence-electron chi connectivity index (χ3n) is 7.25. The van der Waals surface area contributed by atoms with Gasteiger partial charge in [0.05, 0.1) is 23.7 Å². The van der Waals surface area contributed by atoms with E-state index in [9.17, 15) is 27.6 Å². The van der Waals surface area contributed by atoms with Crippen molar-refractivity contribution in [3.05, 3.63) is 28.8 Å². The van der Waals surface area contributed by atoms with Crippen LogP contribution in [0.25, 0.3) is 0 Å². The van der Waals surface area contributed by atoms with Gasteiger partial charge in [-0.25, -0.2) is 0 Å². The summed E-state index contributed by atoms with van der Waals surface area (Å²) in [6.07, 6.45) is -0.326. The zero-order valence-electron chi connectivity index (χ0n) is 18.4. The number of halogens is 4. The van der Waals surface area contributed by atoms with Gasteiger partial charge in [0.1, 0.15) is 5.75 Å². The monoisotopic (exact) mass is 502 g/mol. The van der Waals surface area contributed by atoms with Gasteiger partial charge in [0, 0.05) is 23.0 Å². The van der Waals surface area contributed by atoms with Crippen LogP contribution in [-0.4, -0.2) is 48.8 Å². The zero-order valence-corrected chi connectivity index (χ0v) is 19.1. The minimum Gasteiger partial charge on any atom is -0.492 e. The van der Waals surface area contributed by atoms with Gasteiger partial charge in [-0.2, -0.15) is 0 Å². The second-order valence-corrected chi connectivity index (χ2v) is 9.93. The van der Waals surface area contributed by atoms with Crippen LogP contribution in [0.5, 0.6) is 5.75 Å². The third-order valence-corrected chi connectivity index (χ3v) is 7.48. The summed E-state index contributed by atoms with van der Waals surface area (Å²) in [6, 6.07) is 4.86. The van der Waals surface area contributed by atoms with Crippen LogP contribution in [0.15, 0.2) is 18.2 Å². The average Bonchev–Trinajstić information content (AvgIpc) is 3.30. The number of benzene rings is 1. The molecular weight excluding hydrogens is 477 g/mol. The van der Waals surface area contributed by atoms with E-state index in [1.165, 1.54) is 0 Å². The molecule has 0 unspecified atom stereocenters. The van der Waals surface area contributed by atoms with E-state index in [-0.39, 0.29) is 36.1 Å². The Kier molecular flexibility index (Phi) is 6.83. The summed E-state index contributed by atoms with van der Waals surface area (Å²) < 4.78 is 45.3. The molecule has 4 aliphatic rings. The number of ether oxygens (including phenoxy) is 2. The quantitative estimate of drug-likeness (QED) is 0.595. The van der Waals surface area contributed by atoms with Crippen molar-refractivity contribution in [1.29, 1.82) is 0 Å². The number of rotatable bonds is 5. The summed E-state index contributed by atoms with van der Waals surface area (Å²) in [5.41, 5.74) is -0.124. The van der Waals surface area contributed by atoms with Gasteiger partial charge in [-0.15, -0.1) is 13.2 Å². The van der Waals surface area contributed by atoms with Crippen LogP contribution in [0, 0.1) is 5.41 Å². The molecule has 2 bridgehead atoms. The van der Waals surface area contributed by atoms with E-state index >= 15 is 0 Å². The molecule has 2 N–H and O–H groups in total. The van der Waals surface area contributed by atoms with Gasteiger partial charge in [-0.3, -0.25) is 19.1 Å². The van der Waals surface area contributed by atoms with Crippen LogP contribution in [0.3, 0.4) is 0 Å². The topological polar surface area (TPSA) is 93.7 Å². The number of carbonyl (C=O) groups is 3. The Morgan fingerprint density at radius 1 is 1.21 bits per heavy atom. The maximum absolute atomic E-state index is 12.5. The van der Waals surface area contributed by atoms with E-state index in [0.717, 1.165) is 25.7 Å². The van der Waals surface area contributed by atoms with E-state index in [0.29, 0.717) is 42.2 Å². The summed E-state index contributed by atoms with van der Waals surface area (Å²) in [7, 11) is 0. The number of Topliss-reactive ketones (excluding diaryl/α,β-unsaturated/α-hetero) is 1. The number of ketones is 1. The van der Waals surface area contributed by atoms with Crippen LogP contribution >= 0.6 is 11.6 Å². The number of carbonyl (C=O) groups excluding carboxylic acids is 3. The fourth-order valence-electron chi connectivity index (χ4n) is 5.38. The molecule has 1 heterocycles. The Morgan fingerprint density at radius 2 is 1.91 bits per heavy atom.